The highest BCUT2D eigenvalue weighted by Crippen LogP contribution is 2.43. The zero-order chi connectivity index (χ0) is 47.5. The normalized spacial score (nSPS) is 20.5. The molecule has 1 atom stereocenters. The van der Waals surface area contributed by atoms with E-state index in [9.17, 15) is 29.1 Å². The fourth-order valence-electron chi connectivity index (χ4n) is 11.1. The number of aryl methyl sites for hydroxylation is 1. The lowest BCUT2D eigenvalue weighted by Crippen LogP contribution is -2.52. The highest BCUT2D eigenvalue weighted by Gasteiger charge is 2.44. The Hall–Kier alpha value is -6.46. The molecule has 0 bridgehead atoms. The Labute approximate surface area is 392 Å². The molecule has 3 aromatic heterocycles. The van der Waals surface area contributed by atoms with E-state index in [-0.39, 0.29) is 65.7 Å². The number of halogens is 2. The van der Waals surface area contributed by atoms with Gasteiger partial charge in [-0.15, -0.1) is 0 Å². The summed E-state index contributed by atoms with van der Waals surface area (Å²) in [6, 6.07) is 14.9. The third-order valence-corrected chi connectivity index (χ3v) is 15.1. The minimum absolute atomic E-state index is 0.00155. The Balaban J connectivity index is 0.718. The van der Waals surface area contributed by atoms with E-state index in [2.05, 4.69) is 30.4 Å². The molecule has 3 amide bonds. The number of hydrogen-bond acceptors (Lipinski definition) is 12. The molecule has 3 N–H and O–H groups in total. The van der Waals surface area contributed by atoms with Gasteiger partial charge >= 0.3 is 0 Å². The van der Waals surface area contributed by atoms with Gasteiger partial charge in [-0.1, -0.05) is 49.2 Å². The van der Waals surface area contributed by atoms with Crippen LogP contribution in [0.2, 0.25) is 0 Å². The Bertz CT molecular complexity index is 2870. The molecule has 17 heteroatoms. The fraction of sp³-hybridized carbons (Fsp3) is 0.451. The smallest absolute Gasteiger partial charge is 0.276 e. The number of carbonyl (C=O) groups excluding carboxylic acids is 4. The first-order valence-corrected chi connectivity index (χ1v) is 23.8. The summed E-state index contributed by atoms with van der Waals surface area (Å²) in [7, 11) is 0. The Morgan fingerprint density at radius 3 is 2.32 bits per heavy atom. The second-order valence-corrected chi connectivity index (χ2v) is 19.3. The number of amides is 3. The monoisotopic (exact) mass is 927 g/mol. The van der Waals surface area contributed by atoms with E-state index >= 15 is 8.78 Å². The van der Waals surface area contributed by atoms with Crippen LogP contribution in [0.15, 0.2) is 71.8 Å². The van der Waals surface area contributed by atoms with Crippen molar-refractivity contribution in [2.24, 2.45) is 5.92 Å². The zero-order valence-corrected chi connectivity index (χ0v) is 38.3. The number of ketones is 1. The first-order valence-electron chi connectivity index (χ1n) is 23.8. The molecule has 1 unspecified atom stereocenters. The molecule has 1 saturated carbocycles. The highest BCUT2D eigenvalue weighted by molar-refractivity contribution is 6.05. The van der Waals surface area contributed by atoms with Crippen molar-refractivity contribution in [3.05, 3.63) is 116 Å². The van der Waals surface area contributed by atoms with Crippen molar-refractivity contribution in [1.82, 2.24) is 34.6 Å². The molecule has 4 aliphatic heterocycles. The maximum Gasteiger partial charge on any atom is 0.276 e. The first kappa shape index (κ1) is 45.3. The summed E-state index contributed by atoms with van der Waals surface area (Å²) in [5, 5.41) is 17.9. The summed E-state index contributed by atoms with van der Waals surface area (Å²) in [5.41, 5.74) is 3.52. The van der Waals surface area contributed by atoms with Gasteiger partial charge in [0, 0.05) is 80.4 Å². The number of aliphatic hydroxyl groups is 1. The number of pyridine rings is 2. The number of nitrogens with zero attached hydrogens (tertiary/aromatic N) is 7. The lowest BCUT2D eigenvalue weighted by Gasteiger charge is -2.39. The van der Waals surface area contributed by atoms with Gasteiger partial charge < -0.3 is 20.2 Å². The van der Waals surface area contributed by atoms with Crippen LogP contribution in [0.25, 0.3) is 11.0 Å². The Kier molecular flexibility index (Phi) is 11.9. The van der Waals surface area contributed by atoms with E-state index in [1.165, 1.54) is 11.8 Å². The summed E-state index contributed by atoms with van der Waals surface area (Å²) in [5.74, 6) is -4.40. The molecule has 15 nitrogen and oxygen atoms in total. The van der Waals surface area contributed by atoms with Gasteiger partial charge in [0.05, 0.1) is 23.0 Å². The predicted octanol–water partition coefficient (Wildman–Crippen LogP) is 6.81. The first-order chi connectivity index (χ1) is 32.7. The van der Waals surface area contributed by atoms with Crippen LogP contribution in [-0.2, 0) is 34.2 Å². The number of Topliss-reactive ketones (excluding diaryl/α,β-unsaturated/α-hetero) is 1. The van der Waals surface area contributed by atoms with Crippen molar-refractivity contribution >= 4 is 52.0 Å². The quantitative estimate of drug-likeness (QED) is 0.0932. The van der Waals surface area contributed by atoms with Crippen LogP contribution in [0, 0.1) is 12.8 Å². The second kappa shape index (κ2) is 17.9. The molecular formula is C51H55F2N9O6. The number of benzene rings is 2. The van der Waals surface area contributed by atoms with Crippen LogP contribution < -0.4 is 21.1 Å². The summed E-state index contributed by atoms with van der Waals surface area (Å²) in [6.07, 6.45) is 9.03. The largest absolute Gasteiger partial charge is 0.385 e. The summed E-state index contributed by atoms with van der Waals surface area (Å²) >= 11 is 0. The van der Waals surface area contributed by atoms with E-state index in [4.69, 9.17) is 4.98 Å². The SMILES string of the molecule is CC(=O)c1c(C)c2cnc(Nc3ccc(N4CCC(C(F)(F)c5ccc(CN6CCC(O)(c7ccc8c(c7)CN(C7CCC(=O)NC7=O)C8=O)CC6)cc5)CC4)cn3)nc2n(C2CCCC2)c1=O. The minimum atomic E-state index is -3.01. The number of imide groups is 1. The van der Waals surface area contributed by atoms with E-state index in [0.29, 0.717) is 86.4 Å². The number of piperidine rings is 3. The summed E-state index contributed by atoms with van der Waals surface area (Å²) < 4.78 is 33.8. The Morgan fingerprint density at radius 1 is 0.912 bits per heavy atom. The van der Waals surface area contributed by atoms with Crippen LogP contribution >= 0.6 is 0 Å². The minimum Gasteiger partial charge on any atom is -0.385 e. The van der Waals surface area contributed by atoms with Crippen LogP contribution in [0.4, 0.5) is 26.2 Å². The molecule has 4 fully saturated rings. The van der Waals surface area contributed by atoms with E-state index < -0.39 is 29.4 Å². The van der Waals surface area contributed by atoms with Gasteiger partial charge in [0.1, 0.15) is 17.5 Å². The van der Waals surface area contributed by atoms with Crippen LogP contribution in [0.5, 0.6) is 0 Å². The van der Waals surface area contributed by atoms with Gasteiger partial charge in [-0.25, -0.2) is 18.7 Å². The molecule has 2 aromatic carbocycles. The number of carbonyl (C=O) groups is 4. The van der Waals surface area contributed by atoms with Crippen molar-refractivity contribution < 1.29 is 33.1 Å². The number of aromatic nitrogens is 4. The third kappa shape index (κ3) is 8.43. The topological polar surface area (TPSA) is 183 Å². The number of likely N-dealkylation sites (tertiary alicyclic amines) is 1. The molecule has 68 heavy (non-hydrogen) atoms. The molecule has 0 spiro atoms. The van der Waals surface area contributed by atoms with Gasteiger partial charge in [-0.05, 0) is 99.2 Å². The van der Waals surface area contributed by atoms with Crippen LogP contribution in [0.1, 0.15) is 126 Å². The Morgan fingerprint density at radius 2 is 1.65 bits per heavy atom. The van der Waals surface area contributed by atoms with Crippen molar-refractivity contribution in [3.63, 3.8) is 0 Å². The number of fused-ring (bicyclic) bond motifs is 2. The maximum atomic E-state index is 16.1. The number of nitrogens with one attached hydrogen (secondary N) is 2. The number of anilines is 3. The van der Waals surface area contributed by atoms with Gasteiger partial charge in [-0.2, -0.15) is 4.98 Å². The molecule has 10 rings (SSSR count). The molecule has 354 valence electrons. The molecule has 7 heterocycles. The van der Waals surface area contributed by atoms with Crippen LogP contribution in [-0.4, -0.2) is 90.2 Å². The van der Waals surface area contributed by atoms with Gasteiger partial charge in [0.15, 0.2) is 5.78 Å². The van der Waals surface area contributed by atoms with Crippen molar-refractivity contribution in [2.45, 2.75) is 115 Å². The molecule has 5 aliphatic rings. The zero-order valence-electron chi connectivity index (χ0n) is 38.3. The van der Waals surface area contributed by atoms with E-state index in [1.807, 2.05) is 12.1 Å². The summed E-state index contributed by atoms with van der Waals surface area (Å²) in [6.45, 7) is 6.05. The molecule has 1 aliphatic carbocycles. The van der Waals surface area contributed by atoms with Crippen LogP contribution in [0.3, 0.4) is 0 Å². The number of hydrogen-bond donors (Lipinski definition) is 3. The second-order valence-electron chi connectivity index (χ2n) is 19.3. The molecule has 0 radical (unpaired) electrons. The standard InChI is InChI=1S/C51H55F2N9O6/c1-30-40-27-55-49(58-45(40)62(37-5-3-4-6-37)48(67)44(30)31(2)63)56-42-15-12-38(26-54-42)60-21-17-35(18-22-60)51(52,53)34-9-7-32(8-10-34)28-59-23-19-50(68,20-24-59)36-11-13-39-33(25-36)29-61(47(39)66)41-14-16-43(64)57-46(41)65/h7-13,15,25-27,35,37,41,68H,3-6,14,16-24,28-29H2,1-2H3,(H,57,64,65)(H,54,55,56,58). The fourth-order valence-corrected chi connectivity index (χ4v) is 11.1. The van der Waals surface area contributed by atoms with Gasteiger partial charge in [-0.3, -0.25) is 38.8 Å². The molecule has 3 saturated heterocycles. The molecular weight excluding hydrogens is 873 g/mol. The average Bonchev–Trinajstić information content (AvgIpc) is 3.98. The molecule has 5 aromatic rings. The number of alkyl halides is 2. The third-order valence-electron chi connectivity index (χ3n) is 15.1. The van der Waals surface area contributed by atoms with Crippen molar-refractivity contribution in [1.29, 1.82) is 0 Å². The lowest BCUT2D eigenvalue weighted by atomic mass is 9.83. The van der Waals surface area contributed by atoms with E-state index in [1.54, 1.807) is 66.3 Å². The maximum absolute atomic E-state index is 16.1. The highest BCUT2D eigenvalue weighted by atomic mass is 19.3. The van der Waals surface area contributed by atoms with Crippen molar-refractivity contribution in [2.75, 3.05) is 36.4 Å². The van der Waals surface area contributed by atoms with E-state index in [0.717, 1.165) is 48.1 Å². The lowest BCUT2D eigenvalue weighted by molar-refractivity contribution is -0.136. The predicted molar refractivity (Wildman–Crippen MR) is 250 cm³/mol. The van der Waals surface area contributed by atoms with Gasteiger partial charge in [0.25, 0.3) is 17.4 Å². The number of rotatable bonds is 11. The van der Waals surface area contributed by atoms with Gasteiger partial charge in [0.2, 0.25) is 17.8 Å². The summed E-state index contributed by atoms with van der Waals surface area (Å²) in [4.78, 5) is 83.0. The average molecular weight is 928 g/mol. The van der Waals surface area contributed by atoms with Crippen molar-refractivity contribution in [3.8, 4) is 0 Å².